The first-order valence-corrected chi connectivity index (χ1v) is 8.20. The minimum atomic E-state index is -0.229. The average molecular weight is 367 g/mol. The quantitative estimate of drug-likeness (QED) is 0.696. The van der Waals surface area contributed by atoms with Crippen molar-refractivity contribution in [2.45, 2.75) is 20.3 Å². The summed E-state index contributed by atoms with van der Waals surface area (Å²) >= 11 is 6.24. The molecule has 0 fully saturated rings. The van der Waals surface area contributed by atoms with Gasteiger partial charge in [-0.1, -0.05) is 34.8 Å². The molecule has 0 unspecified atom stereocenters. The molecule has 1 N–H and O–H groups in total. The molecule has 0 bridgehead atoms. The van der Waals surface area contributed by atoms with E-state index in [0.29, 0.717) is 23.1 Å². The predicted molar refractivity (Wildman–Crippen MR) is 99.2 cm³/mol. The molecule has 0 aliphatic carbocycles. The van der Waals surface area contributed by atoms with E-state index in [9.17, 15) is 4.79 Å². The maximum Gasteiger partial charge on any atom is 0.314 e. The van der Waals surface area contributed by atoms with Crippen molar-refractivity contribution in [3.8, 4) is 11.6 Å². The molecule has 0 saturated carbocycles. The molecule has 1 aromatic carbocycles. The van der Waals surface area contributed by atoms with E-state index in [2.05, 4.69) is 20.0 Å². The number of halogens is 1. The number of nitrogens with zero attached hydrogens (tertiary/aromatic N) is 3. The lowest BCUT2D eigenvalue weighted by atomic mass is 10.1. The van der Waals surface area contributed by atoms with Crippen LogP contribution in [0.25, 0.3) is 4.85 Å². The Morgan fingerprint density at radius 2 is 2.04 bits per heavy atom. The van der Waals surface area contributed by atoms with Gasteiger partial charge in [-0.2, -0.15) is 5.10 Å². The normalized spacial score (nSPS) is 10.4. The maximum atomic E-state index is 11.3. The molecule has 2 heterocycles. The summed E-state index contributed by atoms with van der Waals surface area (Å²) in [4.78, 5) is 18.8. The van der Waals surface area contributed by atoms with E-state index in [-0.39, 0.29) is 11.4 Å². The molecule has 2 aromatic heterocycles. The van der Waals surface area contributed by atoms with Crippen molar-refractivity contribution in [3.63, 3.8) is 0 Å². The second-order valence-electron chi connectivity index (χ2n) is 5.86. The largest absolute Gasteiger partial charge is 0.420 e. The fourth-order valence-corrected chi connectivity index (χ4v) is 2.63. The van der Waals surface area contributed by atoms with Gasteiger partial charge in [0.25, 0.3) is 11.4 Å². The van der Waals surface area contributed by atoms with Crippen molar-refractivity contribution in [3.05, 3.63) is 85.6 Å². The van der Waals surface area contributed by atoms with Crippen molar-refractivity contribution in [1.82, 2.24) is 15.2 Å². The molecule has 26 heavy (non-hydrogen) atoms. The lowest BCUT2D eigenvalue weighted by molar-refractivity contribution is 0.463. The summed E-state index contributed by atoms with van der Waals surface area (Å²) in [7, 11) is 0. The first kappa shape index (κ1) is 17.6. The first-order valence-electron chi connectivity index (χ1n) is 7.82. The Kier molecular flexibility index (Phi) is 5.01. The van der Waals surface area contributed by atoms with Crippen LogP contribution in [0.5, 0.6) is 11.6 Å². The van der Waals surface area contributed by atoms with Gasteiger partial charge in [-0.3, -0.25) is 4.79 Å². The molecule has 0 aliphatic rings. The zero-order chi connectivity index (χ0) is 18.7. The Hall–Kier alpha value is -3.17. The van der Waals surface area contributed by atoms with Crippen molar-refractivity contribution >= 4 is 17.4 Å². The molecule has 6 nitrogen and oxygen atoms in total. The molecule has 0 saturated heterocycles. The summed E-state index contributed by atoms with van der Waals surface area (Å²) in [5.74, 6) is 1.02. The van der Waals surface area contributed by atoms with Crippen LogP contribution in [-0.4, -0.2) is 15.2 Å². The first-order chi connectivity index (χ1) is 12.4. The summed E-state index contributed by atoms with van der Waals surface area (Å²) in [6, 6.07) is 10.3. The highest BCUT2D eigenvalue weighted by Crippen LogP contribution is 2.31. The average Bonchev–Trinajstić information content (AvgIpc) is 2.59. The van der Waals surface area contributed by atoms with Gasteiger partial charge >= 0.3 is 5.88 Å². The maximum absolute atomic E-state index is 11.3. The fraction of sp³-hybridized carbons (Fsp3) is 0.158. The Morgan fingerprint density at radius 1 is 1.23 bits per heavy atom. The SMILES string of the molecule is [C-]#[N+]c1cc(C)cc(Oc2cc(Cc3n[nH]c(=O)cc3C)ccc2Cl)n1. The third-order valence-corrected chi connectivity index (χ3v) is 4.05. The highest BCUT2D eigenvalue weighted by molar-refractivity contribution is 6.32. The van der Waals surface area contributed by atoms with E-state index >= 15 is 0 Å². The number of H-pyrrole nitrogens is 1. The second kappa shape index (κ2) is 7.38. The Morgan fingerprint density at radius 3 is 2.77 bits per heavy atom. The number of hydrogen-bond donors (Lipinski definition) is 1. The standard InChI is InChI=1S/C19H15ClN4O2/c1-11-6-17(21-3)22-19(7-11)26-16-10-13(4-5-14(16)20)9-15-12(2)8-18(25)24-23-15/h4-8,10H,9H2,1-2H3,(H,24,25). The van der Waals surface area contributed by atoms with Gasteiger partial charge in [-0.15, -0.1) is 0 Å². The number of benzene rings is 1. The van der Waals surface area contributed by atoms with Gasteiger partial charge in [0.1, 0.15) is 0 Å². The Balaban J connectivity index is 1.89. The molecule has 0 radical (unpaired) electrons. The summed E-state index contributed by atoms with van der Waals surface area (Å²) < 4.78 is 5.80. The minimum absolute atomic E-state index is 0.229. The molecule has 3 aromatic rings. The monoisotopic (exact) mass is 366 g/mol. The lowest BCUT2D eigenvalue weighted by Crippen LogP contribution is -2.10. The number of pyridine rings is 1. The lowest BCUT2D eigenvalue weighted by Gasteiger charge is -2.09. The highest BCUT2D eigenvalue weighted by atomic mass is 35.5. The number of ether oxygens (including phenoxy) is 1. The molecular weight excluding hydrogens is 352 g/mol. The third-order valence-electron chi connectivity index (χ3n) is 3.73. The number of hydrogen-bond acceptors (Lipinski definition) is 4. The van der Waals surface area contributed by atoms with Crippen LogP contribution in [-0.2, 0) is 6.42 Å². The highest BCUT2D eigenvalue weighted by Gasteiger charge is 2.11. The number of aromatic nitrogens is 3. The number of aromatic amines is 1. The van der Waals surface area contributed by atoms with Crippen LogP contribution in [0, 0.1) is 20.4 Å². The molecular formula is C19H15ClN4O2. The van der Waals surface area contributed by atoms with Crippen LogP contribution >= 0.6 is 11.6 Å². The van der Waals surface area contributed by atoms with Crippen LogP contribution in [0.15, 0.2) is 41.2 Å². The number of aryl methyl sites for hydroxylation is 2. The van der Waals surface area contributed by atoms with Gasteiger partial charge in [-0.05, 0) is 43.2 Å². The van der Waals surface area contributed by atoms with Gasteiger partial charge < -0.3 is 9.58 Å². The van der Waals surface area contributed by atoms with Crippen molar-refractivity contribution in [1.29, 1.82) is 0 Å². The van der Waals surface area contributed by atoms with Gasteiger partial charge in [-0.25, -0.2) is 5.10 Å². The Labute approximate surface area is 155 Å². The zero-order valence-electron chi connectivity index (χ0n) is 14.2. The van der Waals surface area contributed by atoms with Crippen LogP contribution in [0.4, 0.5) is 5.82 Å². The molecule has 0 amide bonds. The smallest absolute Gasteiger partial charge is 0.314 e. The van der Waals surface area contributed by atoms with Crippen LogP contribution < -0.4 is 10.3 Å². The molecule has 130 valence electrons. The van der Waals surface area contributed by atoms with E-state index in [4.69, 9.17) is 22.9 Å². The summed E-state index contributed by atoms with van der Waals surface area (Å²) in [6.45, 7) is 10.8. The molecule has 3 rings (SSSR count). The third kappa shape index (κ3) is 4.08. The van der Waals surface area contributed by atoms with Crippen molar-refractivity contribution in [2.24, 2.45) is 0 Å². The van der Waals surface area contributed by atoms with Crippen LogP contribution in [0.3, 0.4) is 0 Å². The number of rotatable bonds is 4. The predicted octanol–water partition coefficient (Wildman–Crippen LogP) is 4.37. The van der Waals surface area contributed by atoms with E-state index in [0.717, 1.165) is 22.4 Å². The van der Waals surface area contributed by atoms with E-state index < -0.39 is 0 Å². The van der Waals surface area contributed by atoms with Gasteiger partial charge in [0.05, 0.1) is 10.7 Å². The van der Waals surface area contributed by atoms with Crippen LogP contribution in [0.1, 0.15) is 22.4 Å². The second-order valence-corrected chi connectivity index (χ2v) is 6.27. The molecule has 0 atom stereocenters. The fourth-order valence-electron chi connectivity index (χ4n) is 2.47. The Bertz CT molecular complexity index is 1070. The summed E-state index contributed by atoms with van der Waals surface area (Å²) in [6.07, 6.45) is 0.519. The zero-order valence-corrected chi connectivity index (χ0v) is 15.0. The summed E-state index contributed by atoms with van der Waals surface area (Å²) in [5, 5.41) is 6.97. The van der Waals surface area contributed by atoms with E-state index in [1.807, 2.05) is 19.9 Å². The van der Waals surface area contributed by atoms with Crippen molar-refractivity contribution in [2.75, 3.05) is 0 Å². The van der Waals surface area contributed by atoms with Gasteiger partial charge in [0, 0.05) is 18.6 Å². The van der Waals surface area contributed by atoms with E-state index in [1.54, 1.807) is 24.3 Å². The minimum Gasteiger partial charge on any atom is -0.420 e. The topological polar surface area (TPSA) is 72.2 Å². The summed E-state index contributed by atoms with van der Waals surface area (Å²) in [5.41, 5.74) is 3.15. The molecule has 0 spiro atoms. The van der Waals surface area contributed by atoms with E-state index in [1.165, 1.54) is 6.07 Å². The molecule has 0 aliphatic heterocycles. The van der Waals surface area contributed by atoms with Crippen molar-refractivity contribution < 1.29 is 4.74 Å². The van der Waals surface area contributed by atoms with Crippen LogP contribution in [0.2, 0.25) is 5.02 Å². The molecule has 7 heteroatoms. The van der Waals surface area contributed by atoms with Gasteiger partial charge in [0.15, 0.2) is 5.75 Å². The number of nitrogens with one attached hydrogen (secondary N) is 1. The van der Waals surface area contributed by atoms with Gasteiger partial charge in [0.2, 0.25) is 0 Å².